The van der Waals surface area contributed by atoms with E-state index in [9.17, 15) is 0 Å². The lowest BCUT2D eigenvalue weighted by molar-refractivity contribution is 0.228. The molecule has 1 atom stereocenters. The lowest BCUT2D eigenvalue weighted by Crippen LogP contribution is -2.30. The van der Waals surface area contributed by atoms with Crippen LogP contribution < -0.4 is 0 Å². The highest BCUT2D eigenvalue weighted by Crippen LogP contribution is 2.07. The molecule has 0 amide bonds. The lowest BCUT2D eigenvalue weighted by atomic mass is 10.1. The van der Waals surface area contributed by atoms with Crippen LogP contribution in [-0.4, -0.2) is 24.5 Å². The van der Waals surface area contributed by atoms with Gasteiger partial charge in [0.1, 0.15) is 0 Å². The zero-order chi connectivity index (χ0) is 10.8. The van der Waals surface area contributed by atoms with Gasteiger partial charge in [0.05, 0.1) is 0 Å². The van der Waals surface area contributed by atoms with Gasteiger partial charge in [0.2, 0.25) is 0 Å². The first-order chi connectivity index (χ1) is 6.74. The molecular formula is C13H29N. The van der Waals surface area contributed by atoms with E-state index in [2.05, 4.69) is 32.6 Å². The van der Waals surface area contributed by atoms with Gasteiger partial charge in [-0.2, -0.15) is 0 Å². The first-order valence-electron chi connectivity index (χ1n) is 6.46. The second-order valence-corrected chi connectivity index (χ2v) is 4.52. The van der Waals surface area contributed by atoms with Crippen LogP contribution in [0.1, 0.15) is 59.8 Å². The predicted octanol–water partition coefficient (Wildman–Crippen LogP) is 3.93. The first kappa shape index (κ1) is 14.0. The van der Waals surface area contributed by atoms with Crippen LogP contribution in [0, 0.1) is 5.92 Å². The van der Waals surface area contributed by atoms with Crippen LogP contribution in [0.25, 0.3) is 0 Å². The van der Waals surface area contributed by atoms with E-state index in [1.165, 1.54) is 51.7 Å². The number of nitrogens with zero attached hydrogens (tertiary/aromatic N) is 1. The number of unbranched alkanes of at least 4 members (excludes halogenated alkanes) is 2. The summed E-state index contributed by atoms with van der Waals surface area (Å²) < 4.78 is 0. The van der Waals surface area contributed by atoms with E-state index in [1.807, 2.05) is 0 Å². The number of rotatable bonds is 9. The maximum absolute atomic E-state index is 2.65. The number of hydrogen-bond donors (Lipinski definition) is 0. The van der Waals surface area contributed by atoms with Crippen LogP contribution >= 0.6 is 0 Å². The fourth-order valence-corrected chi connectivity index (χ4v) is 1.63. The summed E-state index contributed by atoms with van der Waals surface area (Å²) in [6.45, 7) is 13.1. The third kappa shape index (κ3) is 7.37. The lowest BCUT2D eigenvalue weighted by Gasteiger charge is -2.24. The van der Waals surface area contributed by atoms with Gasteiger partial charge in [-0.25, -0.2) is 0 Å². The Labute approximate surface area is 90.9 Å². The van der Waals surface area contributed by atoms with Crippen molar-refractivity contribution in [3.63, 3.8) is 0 Å². The van der Waals surface area contributed by atoms with Crippen LogP contribution in [0.2, 0.25) is 0 Å². The third-order valence-corrected chi connectivity index (χ3v) is 2.92. The molecule has 0 bridgehead atoms. The molecule has 0 unspecified atom stereocenters. The molecule has 0 aliphatic rings. The molecule has 0 aliphatic heterocycles. The van der Waals surface area contributed by atoms with Crippen LogP contribution in [0.5, 0.6) is 0 Å². The van der Waals surface area contributed by atoms with E-state index >= 15 is 0 Å². The van der Waals surface area contributed by atoms with Gasteiger partial charge in [0.25, 0.3) is 0 Å². The minimum absolute atomic E-state index is 0.865. The van der Waals surface area contributed by atoms with Crippen molar-refractivity contribution in [2.75, 3.05) is 19.6 Å². The molecule has 0 saturated heterocycles. The average molecular weight is 199 g/mol. The van der Waals surface area contributed by atoms with Gasteiger partial charge in [-0.3, -0.25) is 0 Å². The Hall–Kier alpha value is -0.0400. The van der Waals surface area contributed by atoms with Crippen molar-refractivity contribution in [1.29, 1.82) is 0 Å². The van der Waals surface area contributed by atoms with Crippen LogP contribution in [0.15, 0.2) is 0 Å². The molecule has 0 N–H and O–H groups in total. The standard InChI is InChI=1S/C13H29N/c1-5-8-10-14(11-9-6-2)12-13(4)7-3/h13H,5-12H2,1-4H3/t13-/m0/s1. The summed E-state index contributed by atoms with van der Waals surface area (Å²) in [6.07, 6.45) is 6.68. The van der Waals surface area contributed by atoms with Crippen molar-refractivity contribution < 1.29 is 0 Å². The van der Waals surface area contributed by atoms with Gasteiger partial charge in [0, 0.05) is 6.54 Å². The normalized spacial score (nSPS) is 13.5. The minimum atomic E-state index is 0.865. The summed E-state index contributed by atoms with van der Waals surface area (Å²) in [6, 6.07) is 0. The van der Waals surface area contributed by atoms with Crippen molar-refractivity contribution in [2.24, 2.45) is 5.92 Å². The van der Waals surface area contributed by atoms with Gasteiger partial charge in [-0.1, -0.05) is 47.0 Å². The second kappa shape index (κ2) is 9.51. The summed E-state index contributed by atoms with van der Waals surface area (Å²) in [4.78, 5) is 2.65. The highest BCUT2D eigenvalue weighted by molar-refractivity contribution is 4.61. The Morgan fingerprint density at radius 3 is 1.79 bits per heavy atom. The highest BCUT2D eigenvalue weighted by Gasteiger charge is 2.07. The fourth-order valence-electron chi connectivity index (χ4n) is 1.63. The average Bonchev–Trinajstić information content (AvgIpc) is 2.21. The smallest absolute Gasteiger partial charge is 0.000692 e. The van der Waals surface area contributed by atoms with Crippen LogP contribution in [0.3, 0.4) is 0 Å². The molecule has 0 aromatic carbocycles. The highest BCUT2D eigenvalue weighted by atomic mass is 15.1. The van der Waals surface area contributed by atoms with E-state index < -0.39 is 0 Å². The molecule has 0 radical (unpaired) electrons. The largest absolute Gasteiger partial charge is 0.303 e. The summed E-state index contributed by atoms with van der Waals surface area (Å²) in [5.41, 5.74) is 0. The Morgan fingerprint density at radius 1 is 0.929 bits per heavy atom. The molecule has 0 fully saturated rings. The summed E-state index contributed by atoms with van der Waals surface area (Å²) in [7, 11) is 0. The maximum Gasteiger partial charge on any atom is 0.000692 e. The molecule has 0 aliphatic carbocycles. The minimum Gasteiger partial charge on any atom is -0.303 e. The molecule has 1 heteroatoms. The van der Waals surface area contributed by atoms with E-state index in [0.717, 1.165) is 5.92 Å². The molecule has 0 heterocycles. The van der Waals surface area contributed by atoms with E-state index in [1.54, 1.807) is 0 Å². The maximum atomic E-state index is 2.65. The summed E-state index contributed by atoms with van der Waals surface area (Å²) in [5.74, 6) is 0.865. The predicted molar refractivity (Wildman–Crippen MR) is 65.7 cm³/mol. The Bertz CT molecular complexity index is 104. The van der Waals surface area contributed by atoms with Crippen molar-refractivity contribution in [3.05, 3.63) is 0 Å². The summed E-state index contributed by atoms with van der Waals surface area (Å²) in [5, 5.41) is 0. The monoisotopic (exact) mass is 199 g/mol. The molecule has 0 aromatic rings. The number of hydrogen-bond acceptors (Lipinski definition) is 1. The SMILES string of the molecule is CCCCN(CCCC)C[C@@H](C)CC. The molecule has 14 heavy (non-hydrogen) atoms. The molecule has 0 aromatic heterocycles. The molecule has 0 saturated carbocycles. The molecular weight excluding hydrogens is 170 g/mol. The van der Waals surface area contributed by atoms with Gasteiger partial charge < -0.3 is 4.90 Å². The second-order valence-electron chi connectivity index (χ2n) is 4.52. The topological polar surface area (TPSA) is 3.24 Å². The zero-order valence-corrected chi connectivity index (χ0v) is 10.7. The third-order valence-electron chi connectivity index (χ3n) is 2.92. The summed E-state index contributed by atoms with van der Waals surface area (Å²) >= 11 is 0. The molecule has 0 spiro atoms. The van der Waals surface area contributed by atoms with E-state index in [-0.39, 0.29) is 0 Å². The van der Waals surface area contributed by atoms with Gasteiger partial charge >= 0.3 is 0 Å². The Morgan fingerprint density at radius 2 is 1.43 bits per heavy atom. The van der Waals surface area contributed by atoms with Gasteiger partial charge in [0.15, 0.2) is 0 Å². The van der Waals surface area contributed by atoms with Gasteiger partial charge in [-0.05, 0) is 31.8 Å². The van der Waals surface area contributed by atoms with Crippen molar-refractivity contribution in [2.45, 2.75) is 59.8 Å². The Balaban J connectivity index is 3.71. The first-order valence-corrected chi connectivity index (χ1v) is 6.46. The fraction of sp³-hybridized carbons (Fsp3) is 1.00. The molecule has 86 valence electrons. The molecule has 1 nitrogen and oxygen atoms in total. The molecule has 0 rings (SSSR count). The quantitative estimate of drug-likeness (QED) is 0.544. The van der Waals surface area contributed by atoms with Crippen molar-refractivity contribution in [3.8, 4) is 0 Å². The zero-order valence-electron chi connectivity index (χ0n) is 10.7. The van der Waals surface area contributed by atoms with Crippen molar-refractivity contribution >= 4 is 0 Å². The van der Waals surface area contributed by atoms with Crippen LogP contribution in [-0.2, 0) is 0 Å². The van der Waals surface area contributed by atoms with Crippen molar-refractivity contribution in [1.82, 2.24) is 4.90 Å². The Kier molecular flexibility index (Phi) is 9.49. The van der Waals surface area contributed by atoms with E-state index in [4.69, 9.17) is 0 Å². The van der Waals surface area contributed by atoms with Crippen LogP contribution in [0.4, 0.5) is 0 Å². The van der Waals surface area contributed by atoms with E-state index in [0.29, 0.717) is 0 Å². The van der Waals surface area contributed by atoms with Gasteiger partial charge in [-0.15, -0.1) is 0 Å².